The summed E-state index contributed by atoms with van der Waals surface area (Å²) in [6, 6.07) is 16.5. The number of thiazole rings is 1. The number of aromatic nitrogens is 5. The van der Waals surface area contributed by atoms with Crippen molar-refractivity contribution in [1.29, 1.82) is 0 Å². The van der Waals surface area contributed by atoms with Gasteiger partial charge in [-0.2, -0.15) is 5.10 Å². The lowest BCUT2D eigenvalue weighted by molar-refractivity contribution is -0.382. The average molecular weight is 551 g/mol. The van der Waals surface area contributed by atoms with Gasteiger partial charge in [0, 0.05) is 34.7 Å². The van der Waals surface area contributed by atoms with E-state index in [4.69, 9.17) is 9.72 Å². The Morgan fingerprint density at radius 3 is 2.70 bits per heavy atom. The van der Waals surface area contributed by atoms with Crippen molar-refractivity contribution < 1.29 is 9.66 Å². The molecule has 0 saturated carbocycles. The number of nitro groups is 1. The molecule has 10 nitrogen and oxygen atoms in total. The normalized spacial score (nSPS) is 15.6. The lowest BCUT2D eigenvalue weighted by atomic mass is 9.95. The van der Waals surface area contributed by atoms with Crippen LogP contribution in [0.5, 0.6) is 0 Å². The number of ether oxygens (including phenoxy) is 1. The first-order valence-corrected chi connectivity index (χ1v) is 13.8. The Kier molecular flexibility index (Phi) is 5.94. The van der Waals surface area contributed by atoms with Crippen molar-refractivity contribution in [1.82, 2.24) is 24.7 Å². The van der Waals surface area contributed by atoms with Gasteiger partial charge in [-0.15, -0.1) is 11.3 Å². The molecule has 0 amide bonds. The smallest absolute Gasteiger partial charge is 0.292 e. The molecule has 0 bridgehead atoms. The molecule has 0 radical (unpaired) electrons. The van der Waals surface area contributed by atoms with Crippen molar-refractivity contribution in [2.24, 2.45) is 0 Å². The fourth-order valence-electron chi connectivity index (χ4n) is 5.40. The van der Waals surface area contributed by atoms with E-state index in [1.165, 1.54) is 11.3 Å². The quantitative estimate of drug-likeness (QED) is 0.196. The Morgan fingerprint density at radius 2 is 1.95 bits per heavy atom. The van der Waals surface area contributed by atoms with E-state index in [1.54, 1.807) is 18.5 Å². The number of nitrogens with zero attached hydrogens (tertiary/aromatic N) is 5. The van der Waals surface area contributed by atoms with Crippen LogP contribution in [0.1, 0.15) is 25.5 Å². The second-order valence-electron chi connectivity index (χ2n) is 9.57. The molecule has 40 heavy (non-hydrogen) atoms. The van der Waals surface area contributed by atoms with Crippen LogP contribution in [0.3, 0.4) is 0 Å². The number of rotatable bonds is 5. The van der Waals surface area contributed by atoms with Crippen LogP contribution in [-0.2, 0) is 4.74 Å². The Bertz CT molecular complexity index is 1940. The molecule has 7 rings (SSSR count). The number of benzene rings is 3. The largest absolute Gasteiger partial charge is 0.356 e. The molecule has 1 aliphatic heterocycles. The molecular weight excluding hydrogens is 528 g/mol. The van der Waals surface area contributed by atoms with Crippen molar-refractivity contribution >= 4 is 38.8 Å². The van der Waals surface area contributed by atoms with Gasteiger partial charge < -0.3 is 9.72 Å². The monoisotopic (exact) mass is 550 g/mol. The van der Waals surface area contributed by atoms with E-state index in [0.29, 0.717) is 39.7 Å². The summed E-state index contributed by atoms with van der Waals surface area (Å²) in [5.74, 6) is 0.328. The van der Waals surface area contributed by atoms with Crippen LogP contribution in [0, 0.1) is 10.1 Å². The second kappa shape index (κ2) is 9.78. The van der Waals surface area contributed by atoms with Crippen molar-refractivity contribution in [3.05, 3.63) is 92.8 Å². The summed E-state index contributed by atoms with van der Waals surface area (Å²) in [4.78, 5) is 37.8. The number of H-pyrrole nitrogens is 1. The van der Waals surface area contributed by atoms with E-state index in [1.807, 2.05) is 58.6 Å². The van der Waals surface area contributed by atoms with Crippen molar-refractivity contribution in [3.63, 3.8) is 0 Å². The number of hydrogen-bond acceptors (Lipinski definition) is 8. The molecule has 3 aromatic heterocycles. The summed E-state index contributed by atoms with van der Waals surface area (Å²) in [5, 5.41) is 20.4. The Balaban J connectivity index is 1.53. The molecule has 6 aromatic rings. The molecular formula is C29H22N6O4S. The van der Waals surface area contributed by atoms with Gasteiger partial charge >= 0.3 is 0 Å². The van der Waals surface area contributed by atoms with Gasteiger partial charge in [0.2, 0.25) is 0 Å². The summed E-state index contributed by atoms with van der Waals surface area (Å²) >= 11 is 1.38. The summed E-state index contributed by atoms with van der Waals surface area (Å²) in [6.07, 6.45) is 6.07. The number of fused-ring (bicyclic) bond motifs is 2. The van der Waals surface area contributed by atoms with E-state index >= 15 is 0 Å². The first-order valence-electron chi connectivity index (χ1n) is 12.9. The van der Waals surface area contributed by atoms with E-state index < -0.39 is 10.5 Å². The Morgan fingerprint density at radius 1 is 1.07 bits per heavy atom. The fraction of sp³-hybridized carbons (Fsp3) is 0.172. The van der Waals surface area contributed by atoms with Crippen LogP contribution in [0.25, 0.3) is 54.9 Å². The van der Waals surface area contributed by atoms with Crippen LogP contribution in [0.15, 0.2) is 77.2 Å². The first-order chi connectivity index (χ1) is 19.6. The fourth-order valence-corrected chi connectivity index (χ4v) is 6.06. The highest BCUT2D eigenvalue weighted by atomic mass is 32.1. The molecule has 1 fully saturated rings. The summed E-state index contributed by atoms with van der Waals surface area (Å²) in [7, 11) is 0. The number of hydrogen-bond donors (Lipinski definition) is 1. The maximum absolute atomic E-state index is 13.6. The van der Waals surface area contributed by atoms with Gasteiger partial charge in [0.25, 0.3) is 11.2 Å². The SMILES string of the molecule is O=c1[nH]c(-c2ccccc2)nc2c(-c3nccs3)cc(-c3cccc4c3cnn4C3CCCCO3)c([N+](=O)[O-])c12. The summed E-state index contributed by atoms with van der Waals surface area (Å²) < 4.78 is 7.80. The predicted octanol–water partition coefficient (Wildman–Crippen LogP) is 6.34. The maximum atomic E-state index is 13.6. The molecule has 1 atom stereocenters. The second-order valence-corrected chi connectivity index (χ2v) is 10.5. The molecule has 4 heterocycles. The van der Waals surface area contributed by atoms with Crippen LogP contribution in [-0.4, -0.2) is 36.3 Å². The lowest BCUT2D eigenvalue weighted by Crippen LogP contribution is -2.18. The van der Waals surface area contributed by atoms with Crippen LogP contribution < -0.4 is 5.56 Å². The van der Waals surface area contributed by atoms with Crippen molar-refractivity contribution in [2.75, 3.05) is 6.61 Å². The minimum atomic E-state index is -0.589. The standard InChI is InChI=1S/C29H22N6O4S/c36-28-24-25(32-27(33-28)17-7-2-1-3-8-17)20(29-30-12-14-40-29)15-19(26(24)35(37)38)18-9-6-10-22-21(18)16-31-34(22)23-11-4-5-13-39-23/h1-3,6-10,12,14-16,23H,4-5,11,13H2,(H,32,33,36). The van der Waals surface area contributed by atoms with Crippen molar-refractivity contribution in [2.45, 2.75) is 25.5 Å². The number of aromatic amines is 1. The van der Waals surface area contributed by atoms with Gasteiger partial charge in [0.05, 0.1) is 27.7 Å². The van der Waals surface area contributed by atoms with Gasteiger partial charge in [-0.25, -0.2) is 14.6 Å². The van der Waals surface area contributed by atoms with E-state index in [-0.39, 0.29) is 22.8 Å². The topological polar surface area (TPSA) is 129 Å². The molecule has 3 aromatic carbocycles. The molecule has 1 aliphatic rings. The third-order valence-corrected chi connectivity index (χ3v) is 8.01. The highest BCUT2D eigenvalue weighted by Crippen LogP contribution is 2.43. The zero-order valence-electron chi connectivity index (χ0n) is 21.1. The average Bonchev–Trinajstić information content (AvgIpc) is 3.68. The molecule has 11 heteroatoms. The summed E-state index contributed by atoms with van der Waals surface area (Å²) in [5.41, 5.74) is 2.28. The third kappa shape index (κ3) is 3.98. The zero-order valence-corrected chi connectivity index (χ0v) is 21.9. The molecule has 0 spiro atoms. The molecule has 1 unspecified atom stereocenters. The molecule has 0 aliphatic carbocycles. The minimum absolute atomic E-state index is 0.0904. The highest BCUT2D eigenvalue weighted by Gasteiger charge is 2.29. The molecule has 198 valence electrons. The van der Waals surface area contributed by atoms with Gasteiger partial charge in [-0.1, -0.05) is 42.5 Å². The Hall–Kier alpha value is -4.74. The van der Waals surface area contributed by atoms with Crippen LogP contribution >= 0.6 is 11.3 Å². The van der Waals surface area contributed by atoms with E-state index in [0.717, 1.165) is 30.2 Å². The predicted molar refractivity (Wildman–Crippen MR) is 153 cm³/mol. The van der Waals surface area contributed by atoms with Gasteiger partial charge in [0.1, 0.15) is 16.2 Å². The number of nitrogens with one attached hydrogen (secondary N) is 1. The Labute approximate surface area is 231 Å². The highest BCUT2D eigenvalue weighted by molar-refractivity contribution is 7.13. The first kappa shape index (κ1) is 24.3. The third-order valence-electron chi connectivity index (χ3n) is 7.21. The summed E-state index contributed by atoms with van der Waals surface area (Å²) in [6.45, 7) is 0.666. The van der Waals surface area contributed by atoms with E-state index in [9.17, 15) is 14.9 Å². The maximum Gasteiger partial charge on any atom is 0.292 e. The van der Waals surface area contributed by atoms with Gasteiger partial charge in [0.15, 0.2) is 6.23 Å². The molecule has 1 saturated heterocycles. The van der Waals surface area contributed by atoms with E-state index in [2.05, 4.69) is 15.1 Å². The van der Waals surface area contributed by atoms with Crippen LogP contribution in [0.2, 0.25) is 0 Å². The van der Waals surface area contributed by atoms with Crippen molar-refractivity contribution in [3.8, 4) is 33.1 Å². The molecule has 1 N–H and O–H groups in total. The zero-order chi connectivity index (χ0) is 27.2. The number of nitro benzene ring substituents is 1. The lowest BCUT2D eigenvalue weighted by Gasteiger charge is -2.23. The van der Waals surface area contributed by atoms with Gasteiger partial charge in [-0.05, 0) is 37.0 Å². The minimum Gasteiger partial charge on any atom is -0.356 e. The van der Waals surface area contributed by atoms with Gasteiger partial charge in [-0.3, -0.25) is 14.9 Å². The van der Waals surface area contributed by atoms with Crippen LogP contribution in [0.4, 0.5) is 5.69 Å².